The number of benzene rings is 1. The van der Waals surface area contributed by atoms with Gasteiger partial charge in [-0.05, 0) is 17.6 Å². The van der Waals surface area contributed by atoms with E-state index in [0.29, 0.717) is 0 Å². The van der Waals surface area contributed by atoms with Crippen LogP contribution < -0.4 is 4.57 Å². The largest absolute Gasteiger partial charge is 0.225 e. The van der Waals surface area contributed by atoms with Crippen molar-refractivity contribution in [1.29, 1.82) is 0 Å². The molecular formula is C13H10N+. The van der Waals surface area contributed by atoms with Crippen molar-refractivity contribution in [2.45, 2.75) is 0 Å². The van der Waals surface area contributed by atoms with Crippen molar-refractivity contribution >= 4 is 0 Å². The monoisotopic (exact) mass is 180 g/mol. The van der Waals surface area contributed by atoms with Crippen molar-refractivity contribution in [2.24, 2.45) is 0 Å². The maximum atomic E-state index is 5.25. The molecule has 0 aliphatic rings. The van der Waals surface area contributed by atoms with Gasteiger partial charge in [-0.25, -0.2) is 0 Å². The highest BCUT2D eigenvalue weighted by Crippen LogP contribution is 2.16. The molecule has 1 nitrogen and oxygen atoms in total. The summed E-state index contributed by atoms with van der Waals surface area (Å²) < 4.78 is 1.69. The minimum atomic E-state index is 1.18. The number of aromatic nitrogens is 1. The van der Waals surface area contributed by atoms with Crippen molar-refractivity contribution in [2.75, 3.05) is 0 Å². The molecule has 0 amide bonds. The van der Waals surface area contributed by atoms with Crippen molar-refractivity contribution < 1.29 is 4.57 Å². The Kier molecular flexibility index (Phi) is 2.29. The molecule has 66 valence electrons. The molecule has 0 saturated heterocycles. The summed E-state index contributed by atoms with van der Waals surface area (Å²) in [7, 11) is 0. The van der Waals surface area contributed by atoms with Gasteiger partial charge in [-0.15, -0.1) is 4.57 Å². The first-order valence-electron chi connectivity index (χ1n) is 4.43. The SMILES string of the molecule is C#C[n+]1ccc(-c2ccccc2)cc1. The van der Waals surface area contributed by atoms with Crippen LogP contribution in [0.2, 0.25) is 0 Å². The second kappa shape index (κ2) is 3.76. The van der Waals surface area contributed by atoms with Crippen LogP contribution in [0.15, 0.2) is 54.9 Å². The summed E-state index contributed by atoms with van der Waals surface area (Å²) in [5.74, 6) is 0. The fourth-order valence-corrected chi connectivity index (χ4v) is 1.34. The van der Waals surface area contributed by atoms with Crippen LogP contribution in [0, 0.1) is 12.5 Å². The standard InChI is InChI=1S/C13H10N/c1-2-14-10-8-13(9-11-14)12-6-4-3-5-7-12/h1,3-11H/q+1. The zero-order valence-corrected chi connectivity index (χ0v) is 7.72. The molecule has 1 aromatic carbocycles. The third-order valence-corrected chi connectivity index (χ3v) is 2.09. The van der Waals surface area contributed by atoms with Crippen LogP contribution in [0.5, 0.6) is 0 Å². The normalized spacial score (nSPS) is 9.36. The van der Waals surface area contributed by atoms with E-state index in [-0.39, 0.29) is 0 Å². The summed E-state index contributed by atoms with van der Waals surface area (Å²) >= 11 is 0. The van der Waals surface area contributed by atoms with E-state index in [2.05, 4.69) is 18.2 Å². The van der Waals surface area contributed by atoms with Gasteiger partial charge >= 0.3 is 0 Å². The average Bonchev–Trinajstić information content (AvgIpc) is 2.30. The van der Waals surface area contributed by atoms with E-state index < -0.39 is 0 Å². The van der Waals surface area contributed by atoms with E-state index in [1.807, 2.05) is 42.7 Å². The maximum Gasteiger partial charge on any atom is 0.225 e. The van der Waals surface area contributed by atoms with E-state index >= 15 is 0 Å². The Labute approximate surface area is 83.6 Å². The predicted octanol–water partition coefficient (Wildman–Crippen LogP) is 2.08. The van der Waals surface area contributed by atoms with Gasteiger partial charge in [0.25, 0.3) is 0 Å². The summed E-state index contributed by atoms with van der Waals surface area (Å²) in [6.45, 7) is 0. The first-order chi connectivity index (χ1) is 6.90. The summed E-state index contributed by atoms with van der Waals surface area (Å²) in [6, 6.07) is 16.8. The third kappa shape index (κ3) is 1.65. The van der Waals surface area contributed by atoms with Crippen molar-refractivity contribution in [3.05, 3.63) is 54.9 Å². The molecule has 2 aromatic rings. The molecule has 0 bridgehead atoms. The van der Waals surface area contributed by atoms with E-state index in [9.17, 15) is 0 Å². The topological polar surface area (TPSA) is 3.88 Å². The third-order valence-electron chi connectivity index (χ3n) is 2.09. The van der Waals surface area contributed by atoms with E-state index in [1.165, 1.54) is 11.1 Å². The van der Waals surface area contributed by atoms with Gasteiger partial charge in [0.15, 0.2) is 12.4 Å². The van der Waals surface area contributed by atoms with Gasteiger partial charge < -0.3 is 0 Å². The lowest BCUT2D eigenvalue weighted by molar-refractivity contribution is -0.583. The highest BCUT2D eigenvalue weighted by molar-refractivity contribution is 5.61. The van der Waals surface area contributed by atoms with E-state index in [1.54, 1.807) is 4.57 Å². The smallest absolute Gasteiger partial charge is 0.119 e. The van der Waals surface area contributed by atoms with Crippen LogP contribution in [0.3, 0.4) is 0 Å². The number of nitrogens with zero attached hydrogens (tertiary/aromatic N) is 1. The summed E-state index contributed by atoms with van der Waals surface area (Å²) in [4.78, 5) is 0. The second-order valence-corrected chi connectivity index (χ2v) is 2.99. The minimum Gasteiger partial charge on any atom is -0.119 e. The lowest BCUT2D eigenvalue weighted by Gasteiger charge is -1.97. The molecule has 0 fully saturated rings. The van der Waals surface area contributed by atoms with E-state index in [4.69, 9.17) is 6.42 Å². The number of pyridine rings is 1. The van der Waals surface area contributed by atoms with Crippen molar-refractivity contribution in [3.63, 3.8) is 0 Å². The quantitative estimate of drug-likeness (QED) is 0.467. The minimum absolute atomic E-state index is 1.18. The molecule has 1 heterocycles. The lowest BCUT2D eigenvalue weighted by atomic mass is 10.1. The molecular weight excluding hydrogens is 170 g/mol. The fourth-order valence-electron chi connectivity index (χ4n) is 1.34. The van der Waals surface area contributed by atoms with Crippen LogP contribution in [0.1, 0.15) is 0 Å². The Hall–Kier alpha value is -2.07. The number of hydrogen-bond acceptors (Lipinski definition) is 0. The van der Waals surface area contributed by atoms with Gasteiger partial charge in [-0.3, -0.25) is 0 Å². The van der Waals surface area contributed by atoms with Crippen LogP contribution >= 0.6 is 0 Å². The molecule has 2 rings (SSSR count). The Morgan fingerprint density at radius 1 is 0.857 bits per heavy atom. The van der Waals surface area contributed by atoms with Crippen LogP contribution in [-0.2, 0) is 0 Å². The van der Waals surface area contributed by atoms with Crippen LogP contribution in [0.4, 0.5) is 0 Å². The van der Waals surface area contributed by atoms with Crippen LogP contribution in [0.25, 0.3) is 11.1 Å². The molecule has 14 heavy (non-hydrogen) atoms. The van der Waals surface area contributed by atoms with Gasteiger partial charge in [0.1, 0.15) is 0 Å². The molecule has 0 aliphatic carbocycles. The molecule has 0 atom stereocenters. The highest BCUT2D eigenvalue weighted by atomic mass is 14.9. The zero-order valence-electron chi connectivity index (χ0n) is 7.72. The zero-order chi connectivity index (χ0) is 9.80. The first-order valence-corrected chi connectivity index (χ1v) is 4.43. The van der Waals surface area contributed by atoms with Gasteiger partial charge in [-0.1, -0.05) is 30.3 Å². The second-order valence-electron chi connectivity index (χ2n) is 2.99. The van der Waals surface area contributed by atoms with Gasteiger partial charge in [-0.2, -0.15) is 0 Å². The molecule has 1 aromatic heterocycles. The number of hydrogen-bond donors (Lipinski definition) is 0. The Balaban J connectivity index is 2.40. The van der Waals surface area contributed by atoms with Gasteiger partial charge in [0, 0.05) is 12.1 Å². The molecule has 1 heteroatoms. The molecule has 0 unspecified atom stereocenters. The van der Waals surface area contributed by atoms with Gasteiger partial charge in [0.05, 0.1) is 0 Å². The first kappa shape index (κ1) is 8.52. The average molecular weight is 180 g/mol. The molecule has 0 radical (unpaired) electrons. The van der Waals surface area contributed by atoms with Gasteiger partial charge in [0.2, 0.25) is 6.04 Å². The Morgan fingerprint density at radius 2 is 1.43 bits per heavy atom. The van der Waals surface area contributed by atoms with Crippen LogP contribution in [-0.4, -0.2) is 0 Å². The summed E-state index contributed by atoms with van der Waals surface area (Å²) in [5, 5.41) is 0. The molecule has 0 aliphatic heterocycles. The summed E-state index contributed by atoms with van der Waals surface area (Å²) in [5.41, 5.74) is 2.38. The Bertz CT molecular complexity index is 449. The van der Waals surface area contributed by atoms with E-state index in [0.717, 1.165) is 0 Å². The molecule has 0 saturated carbocycles. The molecule has 0 spiro atoms. The molecule has 0 N–H and O–H groups in total. The predicted molar refractivity (Wildman–Crippen MR) is 56.3 cm³/mol. The Morgan fingerprint density at radius 3 is 2.00 bits per heavy atom. The van der Waals surface area contributed by atoms with Crippen molar-refractivity contribution in [3.8, 4) is 23.6 Å². The fraction of sp³-hybridized carbons (Fsp3) is 0. The highest BCUT2D eigenvalue weighted by Gasteiger charge is 1.99. The van der Waals surface area contributed by atoms with Crippen molar-refractivity contribution in [1.82, 2.24) is 0 Å². The maximum absolute atomic E-state index is 5.25. The summed E-state index contributed by atoms with van der Waals surface area (Å²) in [6.07, 6.45) is 9.01. The lowest BCUT2D eigenvalue weighted by Crippen LogP contribution is -2.25. The number of rotatable bonds is 1. The number of terminal acetylenes is 1.